The molecule has 0 aliphatic heterocycles. The summed E-state index contributed by atoms with van der Waals surface area (Å²) in [5.41, 5.74) is 0.364. The van der Waals surface area contributed by atoms with E-state index in [4.69, 9.17) is 4.74 Å². The zero-order valence-corrected chi connectivity index (χ0v) is 11.9. The Balaban J connectivity index is 1.93. The molecule has 2 rings (SSSR count). The average molecular weight is 278 g/mol. The Kier molecular flexibility index (Phi) is 4.95. The highest BCUT2D eigenvalue weighted by molar-refractivity contribution is 5.93. The van der Waals surface area contributed by atoms with E-state index in [0.717, 1.165) is 25.7 Å². The molecule has 0 radical (unpaired) electrons. The van der Waals surface area contributed by atoms with Gasteiger partial charge in [0.25, 0.3) is 5.91 Å². The number of hydrogen-bond donors (Lipinski definition) is 2. The van der Waals surface area contributed by atoms with Crippen molar-refractivity contribution in [1.29, 1.82) is 0 Å². The Bertz CT molecular complexity index is 439. The van der Waals surface area contributed by atoms with Crippen LogP contribution in [0.2, 0.25) is 0 Å². The average Bonchev–Trinajstić information content (AvgIpc) is 2.53. The number of carbonyl (C=O) groups is 1. The number of methoxy groups -OCH3 is 1. The van der Waals surface area contributed by atoms with Gasteiger partial charge in [0.2, 0.25) is 5.88 Å². The predicted molar refractivity (Wildman–Crippen MR) is 75.7 cm³/mol. The van der Waals surface area contributed by atoms with Gasteiger partial charge in [0.1, 0.15) is 0 Å². The second-order valence-corrected chi connectivity index (χ2v) is 5.49. The monoisotopic (exact) mass is 278 g/mol. The van der Waals surface area contributed by atoms with Gasteiger partial charge in [-0.2, -0.15) is 0 Å². The highest BCUT2D eigenvalue weighted by Gasteiger charge is 2.31. The number of amides is 1. The molecule has 1 fully saturated rings. The molecule has 1 aliphatic rings. The third kappa shape index (κ3) is 3.48. The number of ether oxygens (including phenoxy) is 1. The highest BCUT2D eigenvalue weighted by atomic mass is 16.5. The number of hydrogen-bond acceptors (Lipinski definition) is 4. The molecule has 0 aromatic carbocycles. The Morgan fingerprint density at radius 3 is 2.70 bits per heavy atom. The van der Waals surface area contributed by atoms with Crippen molar-refractivity contribution in [2.75, 3.05) is 20.3 Å². The highest BCUT2D eigenvalue weighted by Crippen LogP contribution is 2.35. The minimum atomic E-state index is -0.154. The molecule has 1 heterocycles. The van der Waals surface area contributed by atoms with Crippen LogP contribution in [0, 0.1) is 5.41 Å². The SMILES string of the molecule is COc1ccc(C(=O)NCC2(CO)CCCCC2)cn1. The van der Waals surface area contributed by atoms with Gasteiger partial charge in [-0.3, -0.25) is 4.79 Å². The Hall–Kier alpha value is -1.62. The lowest BCUT2D eigenvalue weighted by Gasteiger charge is -2.35. The minimum Gasteiger partial charge on any atom is -0.481 e. The van der Waals surface area contributed by atoms with E-state index in [-0.39, 0.29) is 17.9 Å². The van der Waals surface area contributed by atoms with Crippen LogP contribution < -0.4 is 10.1 Å². The van der Waals surface area contributed by atoms with Gasteiger partial charge >= 0.3 is 0 Å². The summed E-state index contributed by atoms with van der Waals surface area (Å²) in [6.45, 7) is 0.655. The molecule has 0 atom stereocenters. The van der Waals surface area contributed by atoms with Crippen LogP contribution in [0.25, 0.3) is 0 Å². The van der Waals surface area contributed by atoms with Crippen LogP contribution in [-0.4, -0.2) is 36.3 Å². The molecule has 0 unspecified atom stereocenters. The van der Waals surface area contributed by atoms with Crippen molar-refractivity contribution in [1.82, 2.24) is 10.3 Å². The largest absolute Gasteiger partial charge is 0.481 e. The number of nitrogens with one attached hydrogen (secondary N) is 1. The normalized spacial score (nSPS) is 17.5. The maximum absolute atomic E-state index is 12.1. The van der Waals surface area contributed by atoms with Crippen LogP contribution in [0.15, 0.2) is 18.3 Å². The second-order valence-electron chi connectivity index (χ2n) is 5.49. The molecule has 1 saturated carbocycles. The van der Waals surface area contributed by atoms with Gasteiger partial charge in [-0.05, 0) is 18.9 Å². The quantitative estimate of drug-likeness (QED) is 0.861. The molecule has 20 heavy (non-hydrogen) atoms. The first-order valence-corrected chi connectivity index (χ1v) is 7.08. The topological polar surface area (TPSA) is 71.5 Å². The van der Waals surface area contributed by atoms with Crippen molar-refractivity contribution in [3.05, 3.63) is 23.9 Å². The number of pyridine rings is 1. The number of aromatic nitrogens is 1. The van der Waals surface area contributed by atoms with E-state index in [1.165, 1.54) is 19.7 Å². The Morgan fingerprint density at radius 2 is 2.15 bits per heavy atom. The number of aliphatic hydroxyl groups is 1. The van der Waals surface area contributed by atoms with Crippen LogP contribution in [0.4, 0.5) is 0 Å². The molecular formula is C15H22N2O3. The molecular weight excluding hydrogens is 256 g/mol. The van der Waals surface area contributed by atoms with Crippen molar-refractivity contribution >= 4 is 5.91 Å². The van der Waals surface area contributed by atoms with E-state index in [0.29, 0.717) is 18.0 Å². The predicted octanol–water partition coefficient (Wildman–Crippen LogP) is 1.76. The van der Waals surface area contributed by atoms with E-state index >= 15 is 0 Å². The molecule has 1 amide bonds. The van der Waals surface area contributed by atoms with Gasteiger partial charge in [0.15, 0.2) is 0 Å². The molecule has 5 heteroatoms. The maximum atomic E-state index is 12.1. The number of carbonyl (C=O) groups excluding carboxylic acids is 1. The third-order valence-electron chi connectivity index (χ3n) is 4.08. The smallest absolute Gasteiger partial charge is 0.252 e. The van der Waals surface area contributed by atoms with E-state index in [1.54, 1.807) is 12.1 Å². The lowest BCUT2D eigenvalue weighted by molar-refractivity contribution is 0.0718. The lowest BCUT2D eigenvalue weighted by Crippen LogP contribution is -2.41. The van der Waals surface area contributed by atoms with Crippen LogP contribution in [0.3, 0.4) is 0 Å². The van der Waals surface area contributed by atoms with E-state index < -0.39 is 0 Å². The molecule has 1 aromatic heterocycles. The van der Waals surface area contributed by atoms with Gasteiger partial charge in [-0.1, -0.05) is 19.3 Å². The number of rotatable bonds is 5. The van der Waals surface area contributed by atoms with Crippen LogP contribution in [0.1, 0.15) is 42.5 Å². The van der Waals surface area contributed by atoms with Gasteiger partial charge in [0, 0.05) is 24.2 Å². The van der Waals surface area contributed by atoms with Gasteiger partial charge in [-0.15, -0.1) is 0 Å². The molecule has 0 bridgehead atoms. The summed E-state index contributed by atoms with van der Waals surface area (Å²) in [5, 5.41) is 12.5. The molecule has 110 valence electrons. The lowest BCUT2D eigenvalue weighted by atomic mass is 9.74. The standard InChI is InChI=1S/C15H22N2O3/c1-20-13-6-5-12(9-16-13)14(19)17-10-15(11-18)7-3-2-4-8-15/h5-6,9,18H,2-4,7-8,10-11H2,1H3,(H,17,19). The number of aliphatic hydroxyl groups excluding tert-OH is 1. The molecule has 1 aromatic rings. The first kappa shape index (κ1) is 14.8. The summed E-state index contributed by atoms with van der Waals surface area (Å²) in [6.07, 6.45) is 6.93. The molecule has 0 saturated heterocycles. The second kappa shape index (κ2) is 6.70. The van der Waals surface area contributed by atoms with Crippen molar-refractivity contribution in [2.24, 2.45) is 5.41 Å². The van der Waals surface area contributed by atoms with Crippen molar-refractivity contribution in [3.8, 4) is 5.88 Å². The van der Waals surface area contributed by atoms with Gasteiger partial charge in [0.05, 0.1) is 19.3 Å². The van der Waals surface area contributed by atoms with Crippen LogP contribution in [0.5, 0.6) is 5.88 Å². The molecule has 2 N–H and O–H groups in total. The molecule has 1 aliphatic carbocycles. The fourth-order valence-corrected chi connectivity index (χ4v) is 2.70. The van der Waals surface area contributed by atoms with E-state index in [1.807, 2.05) is 0 Å². The fourth-order valence-electron chi connectivity index (χ4n) is 2.70. The number of nitrogens with zero attached hydrogens (tertiary/aromatic N) is 1. The van der Waals surface area contributed by atoms with Crippen molar-refractivity contribution in [3.63, 3.8) is 0 Å². The van der Waals surface area contributed by atoms with E-state index in [9.17, 15) is 9.90 Å². The Labute approximate surface area is 119 Å². The summed E-state index contributed by atoms with van der Waals surface area (Å²) in [7, 11) is 1.54. The summed E-state index contributed by atoms with van der Waals surface area (Å²) in [4.78, 5) is 16.1. The van der Waals surface area contributed by atoms with Gasteiger partial charge in [-0.25, -0.2) is 4.98 Å². The fraction of sp³-hybridized carbons (Fsp3) is 0.600. The summed E-state index contributed by atoms with van der Waals surface area (Å²) in [6, 6.07) is 3.35. The Morgan fingerprint density at radius 1 is 1.40 bits per heavy atom. The minimum absolute atomic E-state index is 0.133. The molecule has 5 nitrogen and oxygen atoms in total. The third-order valence-corrected chi connectivity index (χ3v) is 4.08. The summed E-state index contributed by atoms with van der Waals surface area (Å²) < 4.78 is 4.96. The van der Waals surface area contributed by atoms with Gasteiger partial charge < -0.3 is 15.2 Å². The maximum Gasteiger partial charge on any atom is 0.252 e. The summed E-state index contributed by atoms with van der Waals surface area (Å²) >= 11 is 0. The van der Waals surface area contributed by atoms with Crippen LogP contribution >= 0.6 is 0 Å². The zero-order valence-electron chi connectivity index (χ0n) is 11.9. The van der Waals surface area contributed by atoms with Crippen molar-refractivity contribution < 1.29 is 14.6 Å². The van der Waals surface area contributed by atoms with Crippen molar-refractivity contribution in [2.45, 2.75) is 32.1 Å². The summed E-state index contributed by atoms with van der Waals surface area (Å²) in [5.74, 6) is 0.333. The van der Waals surface area contributed by atoms with Crippen LogP contribution in [-0.2, 0) is 0 Å². The molecule has 0 spiro atoms. The first-order chi connectivity index (χ1) is 9.69. The van der Waals surface area contributed by atoms with E-state index in [2.05, 4.69) is 10.3 Å². The first-order valence-electron chi connectivity index (χ1n) is 7.08. The zero-order chi connectivity index (χ0) is 14.4.